The molecule has 1 N–H and O–H groups in total. The Balaban J connectivity index is 2.27. The fourth-order valence-electron chi connectivity index (χ4n) is 1.88. The van der Waals surface area contributed by atoms with E-state index in [1.165, 1.54) is 37.3 Å². The van der Waals surface area contributed by atoms with Crippen molar-refractivity contribution in [3.05, 3.63) is 65.2 Å². The standard InChI is InChI=1S/C15H12F2N2O2S/c1-10(12-5-6-14(16)15(17)8-12)19-22(20,21)13-4-2-3-11(7-13)9-18/h2-8,10,19H,1H3/t10-/m1/s1. The topological polar surface area (TPSA) is 70.0 Å². The summed E-state index contributed by atoms with van der Waals surface area (Å²) >= 11 is 0. The smallest absolute Gasteiger partial charge is 0.207 e. The van der Waals surface area contributed by atoms with Gasteiger partial charge in [0, 0.05) is 6.04 Å². The number of nitrogens with one attached hydrogen (secondary N) is 1. The molecule has 7 heteroatoms. The van der Waals surface area contributed by atoms with Crippen LogP contribution in [0.25, 0.3) is 0 Å². The molecule has 0 aromatic heterocycles. The Morgan fingerprint density at radius 1 is 1.14 bits per heavy atom. The van der Waals surface area contributed by atoms with Crippen LogP contribution in [-0.4, -0.2) is 8.42 Å². The second-order valence-electron chi connectivity index (χ2n) is 4.66. The Labute approximate surface area is 127 Å². The Hall–Kier alpha value is -2.30. The van der Waals surface area contributed by atoms with E-state index in [0.29, 0.717) is 5.56 Å². The number of nitriles is 1. The van der Waals surface area contributed by atoms with E-state index < -0.39 is 27.7 Å². The minimum Gasteiger partial charge on any atom is -0.207 e. The second-order valence-corrected chi connectivity index (χ2v) is 6.37. The average molecular weight is 322 g/mol. The van der Waals surface area contributed by atoms with Crippen LogP contribution in [0.3, 0.4) is 0 Å². The van der Waals surface area contributed by atoms with Crippen molar-refractivity contribution in [3.63, 3.8) is 0 Å². The molecule has 0 unspecified atom stereocenters. The fourth-order valence-corrected chi connectivity index (χ4v) is 3.16. The van der Waals surface area contributed by atoms with E-state index in [9.17, 15) is 17.2 Å². The Morgan fingerprint density at radius 2 is 1.86 bits per heavy atom. The highest BCUT2D eigenvalue weighted by atomic mass is 32.2. The predicted octanol–water partition coefficient (Wildman–Crippen LogP) is 2.88. The molecule has 2 aromatic rings. The van der Waals surface area contributed by atoms with Gasteiger partial charge in [-0.2, -0.15) is 5.26 Å². The van der Waals surface area contributed by atoms with Crippen molar-refractivity contribution in [2.24, 2.45) is 0 Å². The SMILES string of the molecule is C[C@@H](NS(=O)(=O)c1cccc(C#N)c1)c1ccc(F)c(F)c1. The lowest BCUT2D eigenvalue weighted by molar-refractivity contribution is 0.504. The molecular weight excluding hydrogens is 310 g/mol. The quantitative estimate of drug-likeness (QED) is 0.941. The lowest BCUT2D eigenvalue weighted by Crippen LogP contribution is -2.27. The number of hydrogen-bond acceptors (Lipinski definition) is 3. The van der Waals surface area contributed by atoms with Gasteiger partial charge in [0.2, 0.25) is 10.0 Å². The molecule has 0 aliphatic carbocycles. The first-order valence-corrected chi connectivity index (χ1v) is 7.79. The molecule has 0 radical (unpaired) electrons. The lowest BCUT2D eigenvalue weighted by Gasteiger charge is -2.15. The molecule has 0 aliphatic rings. The number of halogens is 2. The van der Waals surface area contributed by atoms with E-state index in [2.05, 4.69) is 4.72 Å². The van der Waals surface area contributed by atoms with Crippen LogP contribution in [0.4, 0.5) is 8.78 Å². The van der Waals surface area contributed by atoms with Crippen LogP contribution in [0.5, 0.6) is 0 Å². The molecule has 2 rings (SSSR count). The number of rotatable bonds is 4. The van der Waals surface area contributed by atoms with Crippen LogP contribution in [-0.2, 0) is 10.0 Å². The van der Waals surface area contributed by atoms with Crippen LogP contribution < -0.4 is 4.72 Å². The first-order chi connectivity index (χ1) is 10.3. The highest BCUT2D eigenvalue weighted by Gasteiger charge is 2.19. The zero-order chi connectivity index (χ0) is 16.3. The summed E-state index contributed by atoms with van der Waals surface area (Å²) in [5, 5.41) is 8.80. The minimum atomic E-state index is -3.88. The van der Waals surface area contributed by atoms with Crippen LogP contribution in [0.15, 0.2) is 47.4 Å². The molecule has 0 spiro atoms. The van der Waals surface area contributed by atoms with Crippen molar-refractivity contribution < 1.29 is 17.2 Å². The van der Waals surface area contributed by atoms with Crippen LogP contribution in [0.1, 0.15) is 24.1 Å². The molecule has 114 valence electrons. The minimum absolute atomic E-state index is 0.0685. The number of nitrogens with zero attached hydrogens (tertiary/aromatic N) is 1. The normalized spacial score (nSPS) is 12.6. The molecule has 4 nitrogen and oxygen atoms in total. The molecule has 0 aliphatic heterocycles. The first-order valence-electron chi connectivity index (χ1n) is 6.31. The van der Waals surface area contributed by atoms with Gasteiger partial charge in [0.25, 0.3) is 0 Å². The van der Waals surface area contributed by atoms with Gasteiger partial charge in [0.1, 0.15) is 0 Å². The largest absolute Gasteiger partial charge is 0.241 e. The van der Waals surface area contributed by atoms with E-state index in [-0.39, 0.29) is 10.5 Å². The summed E-state index contributed by atoms with van der Waals surface area (Å²) in [6, 6.07) is 9.80. The summed E-state index contributed by atoms with van der Waals surface area (Å²) in [6.45, 7) is 1.51. The summed E-state index contributed by atoms with van der Waals surface area (Å²) in [4.78, 5) is -0.0685. The molecule has 0 saturated carbocycles. The van der Waals surface area contributed by atoms with Gasteiger partial charge in [-0.25, -0.2) is 21.9 Å². The first kappa shape index (κ1) is 16.1. The van der Waals surface area contributed by atoms with Crippen molar-refractivity contribution in [2.75, 3.05) is 0 Å². The maximum Gasteiger partial charge on any atom is 0.241 e. The van der Waals surface area contributed by atoms with Crippen molar-refractivity contribution in [1.82, 2.24) is 4.72 Å². The Morgan fingerprint density at radius 3 is 2.50 bits per heavy atom. The van der Waals surface area contributed by atoms with Crippen LogP contribution in [0.2, 0.25) is 0 Å². The molecule has 2 aromatic carbocycles. The molecule has 0 amide bonds. The van der Waals surface area contributed by atoms with E-state index >= 15 is 0 Å². The van der Waals surface area contributed by atoms with Gasteiger partial charge in [-0.05, 0) is 42.8 Å². The molecule has 0 heterocycles. The molecule has 0 saturated heterocycles. The van der Waals surface area contributed by atoms with Crippen molar-refractivity contribution in [2.45, 2.75) is 17.9 Å². The van der Waals surface area contributed by atoms with Crippen molar-refractivity contribution in [1.29, 1.82) is 5.26 Å². The molecule has 0 fully saturated rings. The molecule has 1 atom stereocenters. The monoisotopic (exact) mass is 322 g/mol. The van der Waals surface area contributed by atoms with Gasteiger partial charge in [-0.15, -0.1) is 0 Å². The van der Waals surface area contributed by atoms with Crippen molar-refractivity contribution in [3.8, 4) is 6.07 Å². The molecule has 22 heavy (non-hydrogen) atoms. The second kappa shape index (κ2) is 6.22. The maximum absolute atomic E-state index is 13.2. The third kappa shape index (κ3) is 3.47. The average Bonchev–Trinajstić information content (AvgIpc) is 2.49. The van der Waals surface area contributed by atoms with Crippen LogP contribution in [0, 0.1) is 23.0 Å². The molecule has 0 bridgehead atoms. The summed E-state index contributed by atoms with van der Waals surface area (Å²) in [5.41, 5.74) is 0.502. The van der Waals surface area contributed by atoms with Gasteiger partial charge >= 0.3 is 0 Å². The molecular formula is C15H12F2N2O2S. The summed E-state index contributed by atoms with van der Waals surface area (Å²) < 4.78 is 53.0. The Kier molecular flexibility index (Phi) is 4.54. The highest BCUT2D eigenvalue weighted by molar-refractivity contribution is 7.89. The fraction of sp³-hybridized carbons (Fsp3) is 0.133. The summed E-state index contributed by atoms with van der Waals surface area (Å²) in [5.74, 6) is -2.05. The van der Waals surface area contributed by atoms with E-state index in [1.54, 1.807) is 0 Å². The number of sulfonamides is 1. The van der Waals surface area contributed by atoms with Gasteiger partial charge in [0.05, 0.1) is 16.5 Å². The summed E-state index contributed by atoms with van der Waals surface area (Å²) in [7, 11) is -3.88. The third-order valence-electron chi connectivity index (χ3n) is 3.05. The predicted molar refractivity (Wildman–Crippen MR) is 76.3 cm³/mol. The third-order valence-corrected chi connectivity index (χ3v) is 4.59. The number of hydrogen-bond donors (Lipinski definition) is 1. The zero-order valence-corrected chi connectivity index (χ0v) is 12.4. The number of benzene rings is 2. The van der Waals surface area contributed by atoms with E-state index in [0.717, 1.165) is 12.1 Å². The highest BCUT2D eigenvalue weighted by Crippen LogP contribution is 2.19. The zero-order valence-electron chi connectivity index (χ0n) is 11.5. The van der Waals surface area contributed by atoms with Crippen molar-refractivity contribution >= 4 is 10.0 Å². The maximum atomic E-state index is 13.2. The van der Waals surface area contributed by atoms with Gasteiger partial charge < -0.3 is 0 Å². The van der Waals surface area contributed by atoms with Crippen LogP contribution >= 0.6 is 0 Å². The van der Waals surface area contributed by atoms with E-state index in [4.69, 9.17) is 5.26 Å². The summed E-state index contributed by atoms with van der Waals surface area (Å²) in [6.07, 6.45) is 0. The lowest BCUT2D eigenvalue weighted by atomic mass is 10.1. The Bertz CT molecular complexity index is 845. The van der Waals surface area contributed by atoms with Gasteiger partial charge in [0.15, 0.2) is 11.6 Å². The van der Waals surface area contributed by atoms with Gasteiger partial charge in [-0.3, -0.25) is 0 Å². The van der Waals surface area contributed by atoms with Gasteiger partial charge in [-0.1, -0.05) is 12.1 Å². The van der Waals surface area contributed by atoms with E-state index in [1.807, 2.05) is 6.07 Å².